The third-order valence-corrected chi connectivity index (χ3v) is 5.60. The smallest absolute Gasteiger partial charge is 0.220 e. The van der Waals surface area contributed by atoms with E-state index in [1.54, 1.807) is 0 Å². The van der Waals surface area contributed by atoms with Crippen molar-refractivity contribution < 1.29 is 31.4 Å². The molecule has 0 spiro atoms. The lowest BCUT2D eigenvalue weighted by Crippen LogP contribution is -3.00. The van der Waals surface area contributed by atoms with Crippen LogP contribution in [0.25, 0.3) is 0 Å². The van der Waals surface area contributed by atoms with Crippen molar-refractivity contribution in [2.24, 2.45) is 0 Å². The standard InChI is InChI=1S/C26H38N2O2.BrH/c1-23(26(30)24-17-11-9-12-18-24)27-25(29)19-13-7-5-3-2-4-6-8-14-20-28-21-15-10-16-22-28;/h9-12,15-18,21-23,26,30H,2-8,13-14,19-20H2,1H3;1H/t23-,26+;/m1./s1. The first kappa shape index (κ1) is 27.3. The van der Waals surface area contributed by atoms with Crippen LogP contribution in [0.15, 0.2) is 60.9 Å². The number of rotatable bonds is 15. The molecule has 31 heavy (non-hydrogen) atoms. The number of carbonyl (C=O) groups excluding carboxylic acids is 1. The van der Waals surface area contributed by atoms with Gasteiger partial charge in [0.2, 0.25) is 5.91 Å². The van der Waals surface area contributed by atoms with Crippen molar-refractivity contribution in [1.29, 1.82) is 0 Å². The number of carbonyl (C=O) groups is 1. The molecule has 0 unspecified atom stereocenters. The molecule has 2 rings (SSSR count). The Kier molecular flexibility index (Phi) is 14.9. The number of hydrogen-bond donors (Lipinski definition) is 2. The lowest BCUT2D eigenvalue weighted by Gasteiger charge is -2.20. The molecule has 4 nitrogen and oxygen atoms in total. The van der Waals surface area contributed by atoms with Gasteiger partial charge in [-0.15, -0.1) is 0 Å². The van der Waals surface area contributed by atoms with Crippen molar-refractivity contribution in [3.63, 3.8) is 0 Å². The van der Waals surface area contributed by atoms with E-state index in [2.05, 4.69) is 40.5 Å². The van der Waals surface area contributed by atoms with Gasteiger partial charge in [-0.05, 0) is 25.3 Å². The van der Waals surface area contributed by atoms with Crippen LogP contribution < -0.4 is 26.9 Å². The van der Waals surface area contributed by atoms with Crippen LogP contribution in [-0.2, 0) is 11.3 Å². The summed E-state index contributed by atoms with van der Waals surface area (Å²) in [5.74, 6) is 0.0359. The Hall–Kier alpha value is -1.72. The van der Waals surface area contributed by atoms with Crippen molar-refractivity contribution in [2.75, 3.05) is 0 Å². The summed E-state index contributed by atoms with van der Waals surface area (Å²) < 4.78 is 2.25. The number of aliphatic hydroxyl groups excluding tert-OH is 1. The van der Waals surface area contributed by atoms with E-state index >= 15 is 0 Å². The molecule has 0 aliphatic carbocycles. The highest BCUT2D eigenvalue weighted by Crippen LogP contribution is 2.16. The summed E-state index contributed by atoms with van der Waals surface area (Å²) in [6, 6.07) is 15.4. The summed E-state index contributed by atoms with van der Waals surface area (Å²) >= 11 is 0. The molecule has 1 aromatic heterocycles. The number of aliphatic hydroxyl groups is 1. The minimum atomic E-state index is -0.665. The van der Waals surface area contributed by atoms with Crippen LogP contribution in [0.1, 0.15) is 82.8 Å². The SMILES string of the molecule is C[C@@H](NC(=O)CCCCCCCCCCC[n+]1ccccc1)[C@H](O)c1ccccc1.[Br-]. The van der Waals surface area contributed by atoms with Gasteiger partial charge in [0.15, 0.2) is 12.4 Å². The molecule has 0 saturated heterocycles. The maximum Gasteiger partial charge on any atom is 0.220 e. The van der Waals surface area contributed by atoms with Crippen LogP contribution in [0.3, 0.4) is 0 Å². The van der Waals surface area contributed by atoms with Crippen molar-refractivity contribution in [3.05, 3.63) is 66.5 Å². The molecular formula is C26H39BrN2O2. The minimum absolute atomic E-state index is 0. The van der Waals surface area contributed by atoms with Crippen LogP contribution >= 0.6 is 0 Å². The number of aromatic nitrogens is 1. The first-order valence-electron chi connectivity index (χ1n) is 11.6. The average molecular weight is 492 g/mol. The van der Waals surface area contributed by atoms with Crippen molar-refractivity contribution >= 4 is 5.91 Å². The molecule has 1 heterocycles. The average Bonchev–Trinajstić information content (AvgIpc) is 2.78. The van der Waals surface area contributed by atoms with Gasteiger partial charge in [0.05, 0.1) is 12.1 Å². The Labute approximate surface area is 198 Å². The van der Waals surface area contributed by atoms with Crippen LogP contribution in [-0.4, -0.2) is 17.1 Å². The number of amides is 1. The highest BCUT2D eigenvalue weighted by Gasteiger charge is 2.17. The molecule has 1 aromatic carbocycles. The van der Waals surface area contributed by atoms with Crippen molar-refractivity contribution in [2.45, 2.75) is 89.8 Å². The molecule has 5 heteroatoms. The molecule has 0 radical (unpaired) electrons. The lowest BCUT2D eigenvalue weighted by atomic mass is 10.0. The third-order valence-electron chi connectivity index (χ3n) is 5.60. The summed E-state index contributed by atoms with van der Waals surface area (Å²) in [7, 11) is 0. The second-order valence-corrected chi connectivity index (χ2v) is 8.26. The minimum Gasteiger partial charge on any atom is -1.00 e. The van der Waals surface area contributed by atoms with Crippen molar-refractivity contribution in [1.82, 2.24) is 5.32 Å². The number of aryl methyl sites for hydroxylation is 1. The van der Waals surface area contributed by atoms with Crippen LogP contribution in [0.2, 0.25) is 0 Å². The van der Waals surface area contributed by atoms with E-state index in [0.29, 0.717) is 6.42 Å². The van der Waals surface area contributed by atoms with Gasteiger partial charge in [0, 0.05) is 25.0 Å². The van der Waals surface area contributed by atoms with E-state index in [9.17, 15) is 9.90 Å². The summed E-state index contributed by atoms with van der Waals surface area (Å²) in [5.41, 5.74) is 0.837. The van der Waals surface area contributed by atoms with E-state index < -0.39 is 6.10 Å². The Morgan fingerprint density at radius 3 is 1.97 bits per heavy atom. The molecule has 0 saturated carbocycles. The monoisotopic (exact) mass is 490 g/mol. The molecule has 1 amide bonds. The first-order chi connectivity index (χ1) is 14.7. The predicted octanol–water partition coefficient (Wildman–Crippen LogP) is 2.12. The van der Waals surface area contributed by atoms with Crippen LogP contribution in [0, 0.1) is 0 Å². The Morgan fingerprint density at radius 1 is 0.839 bits per heavy atom. The van der Waals surface area contributed by atoms with Crippen molar-refractivity contribution in [3.8, 4) is 0 Å². The molecule has 0 bridgehead atoms. The van der Waals surface area contributed by atoms with E-state index in [1.807, 2.05) is 37.3 Å². The zero-order valence-corrected chi connectivity index (χ0v) is 20.5. The molecule has 0 aliphatic heterocycles. The van der Waals surface area contributed by atoms with Crippen LogP contribution in [0.5, 0.6) is 0 Å². The van der Waals surface area contributed by atoms with E-state index in [4.69, 9.17) is 0 Å². The number of unbranched alkanes of at least 4 members (excludes halogenated alkanes) is 8. The zero-order valence-electron chi connectivity index (χ0n) is 18.9. The predicted molar refractivity (Wildman–Crippen MR) is 122 cm³/mol. The molecular weight excluding hydrogens is 452 g/mol. The Morgan fingerprint density at radius 2 is 1.35 bits per heavy atom. The number of hydrogen-bond acceptors (Lipinski definition) is 2. The van der Waals surface area contributed by atoms with Gasteiger partial charge in [-0.2, -0.15) is 0 Å². The molecule has 2 N–H and O–H groups in total. The summed E-state index contributed by atoms with van der Waals surface area (Å²) in [5, 5.41) is 13.3. The van der Waals surface area contributed by atoms with Gasteiger partial charge in [0.25, 0.3) is 0 Å². The maximum atomic E-state index is 12.1. The number of pyridine rings is 1. The largest absolute Gasteiger partial charge is 1.00 e. The fourth-order valence-corrected chi connectivity index (χ4v) is 3.74. The molecule has 2 aromatic rings. The van der Waals surface area contributed by atoms with Gasteiger partial charge >= 0.3 is 0 Å². The molecule has 172 valence electrons. The quantitative estimate of drug-likeness (QED) is 0.296. The number of nitrogens with one attached hydrogen (secondary N) is 1. The fourth-order valence-electron chi connectivity index (χ4n) is 3.74. The topological polar surface area (TPSA) is 53.2 Å². The molecule has 0 fully saturated rings. The number of nitrogens with zero attached hydrogens (tertiary/aromatic N) is 1. The van der Waals surface area contributed by atoms with E-state index in [0.717, 1.165) is 24.9 Å². The maximum absolute atomic E-state index is 12.1. The highest BCUT2D eigenvalue weighted by atomic mass is 79.9. The summed E-state index contributed by atoms with van der Waals surface area (Å²) in [6.45, 7) is 2.97. The van der Waals surface area contributed by atoms with Gasteiger partial charge in [-0.25, -0.2) is 4.57 Å². The van der Waals surface area contributed by atoms with E-state index in [1.165, 1.54) is 44.9 Å². The molecule has 2 atom stereocenters. The Bertz CT molecular complexity index is 697. The fraction of sp³-hybridized carbons (Fsp3) is 0.538. The first-order valence-corrected chi connectivity index (χ1v) is 11.6. The van der Waals surface area contributed by atoms with Gasteiger partial charge < -0.3 is 27.4 Å². The van der Waals surface area contributed by atoms with Gasteiger partial charge in [-0.3, -0.25) is 4.79 Å². The lowest BCUT2D eigenvalue weighted by molar-refractivity contribution is -0.697. The number of halogens is 1. The Balaban J connectivity index is 0.00000480. The third kappa shape index (κ3) is 12.0. The normalized spacial score (nSPS) is 12.6. The molecule has 0 aliphatic rings. The van der Waals surface area contributed by atoms with Crippen LogP contribution in [0.4, 0.5) is 0 Å². The summed E-state index contributed by atoms with van der Waals surface area (Å²) in [6.07, 6.45) is 15.1. The van der Waals surface area contributed by atoms with Gasteiger partial charge in [0.1, 0.15) is 6.54 Å². The second-order valence-electron chi connectivity index (χ2n) is 8.26. The van der Waals surface area contributed by atoms with Gasteiger partial charge in [-0.1, -0.05) is 74.9 Å². The zero-order chi connectivity index (χ0) is 21.4. The highest BCUT2D eigenvalue weighted by molar-refractivity contribution is 5.76. The van der Waals surface area contributed by atoms with E-state index in [-0.39, 0.29) is 28.9 Å². The number of benzene rings is 1. The summed E-state index contributed by atoms with van der Waals surface area (Å²) in [4.78, 5) is 12.1. The second kappa shape index (κ2) is 16.9.